The van der Waals surface area contributed by atoms with Crippen LogP contribution in [0, 0.1) is 13.8 Å². The van der Waals surface area contributed by atoms with Gasteiger partial charge in [-0.25, -0.2) is 0 Å². The van der Waals surface area contributed by atoms with Gasteiger partial charge < -0.3 is 19.6 Å². The van der Waals surface area contributed by atoms with Gasteiger partial charge in [0, 0.05) is 49.9 Å². The van der Waals surface area contributed by atoms with Crippen molar-refractivity contribution in [1.82, 2.24) is 20.3 Å². The van der Waals surface area contributed by atoms with Crippen LogP contribution in [0.15, 0.2) is 33.8 Å². The number of rotatable bonds is 7. The number of nitrogens with zero attached hydrogens (tertiary/aromatic N) is 4. The molecule has 1 aliphatic heterocycles. The molecule has 0 saturated carbocycles. The molecule has 1 aliphatic rings. The molecular weight excluding hydrogens is 541 g/mol. The van der Waals surface area contributed by atoms with E-state index in [1.54, 1.807) is 0 Å². The zero-order chi connectivity index (χ0) is 22.2. The number of carbonyl (C=O) groups excluding carboxylic acids is 1. The molecular formula is C23H33ClIN5O2. The van der Waals surface area contributed by atoms with Crippen LogP contribution in [0.5, 0.6) is 0 Å². The molecule has 0 bridgehead atoms. The third kappa shape index (κ3) is 7.37. The van der Waals surface area contributed by atoms with Crippen molar-refractivity contribution >= 4 is 47.4 Å². The molecule has 1 saturated heterocycles. The van der Waals surface area contributed by atoms with Crippen LogP contribution in [0.3, 0.4) is 0 Å². The van der Waals surface area contributed by atoms with Crippen molar-refractivity contribution < 1.29 is 9.32 Å². The van der Waals surface area contributed by atoms with E-state index in [9.17, 15) is 4.79 Å². The number of nitrogens with one attached hydrogen (secondary N) is 1. The number of carbonyl (C=O) groups is 1. The fourth-order valence-corrected chi connectivity index (χ4v) is 4.04. The summed E-state index contributed by atoms with van der Waals surface area (Å²) < 4.78 is 5.23. The molecule has 1 N–H and O–H groups in total. The molecule has 0 unspecified atom stereocenters. The molecule has 32 heavy (non-hydrogen) atoms. The second-order valence-corrected chi connectivity index (χ2v) is 8.25. The number of benzene rings is 1. The first-order chi connectivity index (χ1) is 15.0. The molecule has 0 atom stereocenters. The summed E-state index contributed by atoms with van der Waals surface area (Å²) in [6.07, 6.45) is 2.24. The Morgan fingerprint density at radius 2 is 1.94 bits per heavy atom. The maximum Gasteiger partial charge on any atom is 0.227 e. The van der Waals surface area contributed by atoms with E-state index in [1.165, 1.54) is 5.56 Å². The number of halogens is 2. The average molecular weight is 574 g/mol. The predicted molar refractivity (Wildman–Crippen MR) is 139 cm³/mol. The number of piperazine rings is 1. The fourth-order valence-electron chi connectivity index (χ4n) is 3.83. The van der Waals surface area contributed by atoms with Gasteiger partial charge in [0.15, 0.2) is 5.96 Å². The van der Waals surface area contributed by atoms with Gasteiger partial charge in [0.05, 0.1) is 12.1 Å². The highest BCUT2D eigenvalue weighted by molar-refractivity contribution is 14.0. The third-order valence-electron chi connectivity index (χ3n) is 5.54. The van der Waals surface area contributed by atoms with Gasteiger partial charge in [0.2, 0.25) is 5.91 Å². The highest BCUT2D eigenvalue weighted by Gasteiger charge is 2.23. The lowest BCUT2D eigenvalue weighted by Gasteiger charge is -2.36. The number of aliphatic imine (C=N–C) groups is 1. The van der Waals surface area contributed by atoms with Crippen molar-refractivity contribution in [2.24, 2.45) is 4.99 Å². The van der Waals surface area contributed by atoms with Crippen molar-refractivity contribution in [2.75, 3.05) is 39.3 Å². The minimum atomic E-state index is 0. The predicted octanol–water partition coefficient (Wildman–Crippen LogP) is 3.85. The van der Waals surface area contributed by atoms with Crippen LogP contribution < -0.4 is 5.32 Å². The van der Waals surface area contributed by atoms with Crippen molar-refractivity contribution in [3.8, 4) is 0 Å². The lowest BCUT2D eigenvalue weighted by molar-refractivity contribution is -0.131. The van der Waals surface area contributed by atoms with Crippen molar-refractivity contribution in [2.45, 2.75) is 40.0 Å². The van der Waals surface area contributed by atoms with E-state index in [1.807, 2.05) is 43.0 Å². The monoisotopic (exact) mass is 573 g/mol. The van der Waals surface area contributed by atoms with Crippen LogP contribution in [0.25, 0.3) is 0 Å². The second-order valence-electron chi connectivity index (χ2n) is 7.82. The smallest absolute Gasteiger partial charge is 0.227 e. The SMILES string of the molecule is CCNC(=NCCCc1c(C)noc1C)N1CCN(C(=O)Cc2cccc(Cl)c2)CC1.I. The molecule has 2 aromatic rings. The van der Waals surface area contributed by atoms with Gasteiger partial charge in [0.1, 0.15) is 5.76 Å². The summed E-state index contributed by atoms with van der Waals surface area (Å²) in [5.74, 6) is 1.96. The lowest BCUT2D eigenvalue weighted by atomic mass is 10.1. The Hall–Kier alpha value is -1.81. The summed E-state index contributed by atoms with van der Waals surface area (Å²) in [6.45, 7) is 10.5. The Kier molecular flexibility index (Phi) is 10.8. The fraction of sp³-hybridized carbons (Fsp3) is 0.522. The van der Waals surface area contributed by atoms with Gasteiger partial charge >= 0.3 is 0 Å². The Bertz CT molecular complexity index is 890. The first kappa shape index (κ1) is 26.4. The summed E-state index contributed by atoms with van der Waals surface area (Å²) in [6, 6.07) is 7.50. The van der Waals surface area contributed by atoms with Crippen LogP contribution in [-0.2, 0) is 17.6 Å². The first-order valence-corrected chi connectivity index (χ1v) is 11.3. The van der Waals surface area contributed by atoms with Gasteiger partial charge in [-0.1, -0.05) is 28.9 Å². The molecule has 7 nitrogen and oxygen atoms in total. The highest BCUT2D eigenvalue weighted by atomic mass is 127. The van der Waals surface area contributed by atoms with Crippen LogP contribution in [0.4, 0.5) is 0 Å². The van der Waals surface area contributed by atoms with Crippen LogP contribution in [0.2, 0.25) is 5.02 Å². The van der Waals surface area contributed by atoms with E-state index in [0.717, 1.165) is 62.0 Å². The summed E-state index contributed by atoms with van der Waals surface area (Å²) >= 11 is 6.03. The molecule has 1 aromatic carbocycles. The largest absolute Gasteiger partial charge is 0.361 e. The summed E-state index contributed by atoms with van der Waals surface area (Å²) in [5.41, 5.74) is 3.10. The van der Waals surface area contributed by atoms with Gasteiger partial charge in [-0.15, -0.1) is 24.0 Å². The Labute approximate surface area is 212 Å². The van der Waals surface area contributed by atoms with Gasteiger partial charge in [0.25, 0.3) is 0 Å². The maximum atomic E-state index is 12.7. The maximum absolute atomic E-state index is 12.7. The minimum Gasteiger partial charge on any atom is -0.361 e. The minimum absolute atomic E-state index is 0. The normalized spacial score (nSPS) is 14.3. The standard InChI is InChI=1S/C23H32ClN5O2.HI/c1-4-25-23(26-10-6-9-21-17(2)27-31-18(21)3)29-13-11-28(12-14-29)22(30)16-19-7-5-8-20(24)15-19;/h5,7-8,15H,4,6,9-14,16H2,1-3H3,(H,25,26);1H. The van der Waals surface area contributed by atoms with Gasteiger partial charge in [-0.3, -0.25) is 9.79 Å². The molecule has 1 aromatic heterocycles. The van der Waals surface area contributed by atoms with Crippen molar-refractivity contribution in [3.63, 3.8) is 0 Å². The van der Waals surface area contributed by atoms with E-state index in [2.05, 4.69) is 22.3 Å². The average Bonchev–Trinajstić information content (AvgIpc) is 3.08. The third-order valence-corrected chi connectivity index (χ3v) is 5.77. The number of amides is 1. The summed E-state index contributed by atoms with van der Waals surface area (Å²) in [4.78, 5) is 21.6. The van der Waals surface area contributed by atoms with E-state index in [4.69, 9.17) is 21.1 Å². The van der Waals surface area contributed by atoms with E-state index in [-0.39, 0.29) is 29.9 Å². The van der Waals surface area contributed by atoms with Gasteiger partial charge in [-0.05, 0) is 51.3 Å². The van der Waals surface area contributed by atoms with Gasteiger partial charge in [-0.2, -0.15) is 0 Å². The molecule has 0 aliphatic carbocycles. The van der Waals surface area contributed by atoms with E-state index in [0.29, 0.717) is 24.5 Å². The topological polar surface area (TPSA) is 74.0 Å². The number of hydrogen-bond acceptors (Lipinski definition) is 4. The Balaban J connectivity index is 0.00000363. The molecule has 176 valence electrons. The number of hydrogen-bond donors (Lipinski definition) is 1. The molecule has 0 spiro atoms. The van der Waals surface area contributed by atoms with E-state index < -0.39 is 0 Å². The first-order valence-electron chi connectivity index (χ1n) is 10.9. The lowest BCUT2D eigenvalue weighted by Crippen LogP contribution is -2.54. The van der Waals surface area contributed by atoms with Crippen molar-refractivity contribution in [3.05, 3.63) is 51.9 Å². The molecule has 1 fully saturated rings. The number of aryl methyl sites for hydroxylation is 2. The quantitative estimate of drug-likeness (QED) is 0.236. The van der Waals surface area contributed by atoms with E-state index >= 15 is 0 Å². The molecule has 2 heterocycles. The summed E-state index contributed by atoms with van der Waals surface area (Å²) in [7, 11) is 0. The zero-order valence-electron chi connectivity index (χ0n) is 19.1. The zero-order valence-corrected chi connectivity index (χ0v) is 22.2. The second kappa shape index (κ2) is 13.0. The highest BCUT2D eigenvalue weighted by Crippen LogP contribution is 2.15. The van der Waals surface area contributed by atoms with Crippen LogP contribution in [0.1, 0.15) is 35.9 Å². The summed E-state index contributed by atoms with van der Waals surface area (Å²) in [5, 5.41) is 8.06. The Morgan fingerprint density at radius 3 is 2.56 bits per heavy atom. The van der Waals surface area contributed by atoms with Crippen LogP contribution in [-0.4, -0.2) is 66.1 Å². The number of guanidine groups is 1. The number of aromatic nitrogens is 1. The van der Waals surface area contributed by atoms with Crippen molar-refractivity contribution in [1.29, 1.82) is 0 Å². The molecule has 1 amide bonds. The molecule has 3 rings (SSSR count). The Morgan fingerprint density at radius 1 is 1.22 bits per heavy atom. The van der Waals surface area contributed by atoms with Crippen LogP contribution >= 0.6 is 35.6 Å². The molecule has 0 radical (unpaired) electrons. The molecule has 9 heteroatoms.